The van der Waals surface area contributed by atoms with Crippen LogP contribution in [0.1, 0.15) is 16.7 Å². The van der Waals surface area contributed by atoms with E-state index in [1.807, 2.05) is 26.0 Å². The van der Waals surface area contributed by atoms with Crippen LogP contribution in [0.25, 0.3) is 0 Å². The summed E-state index contributed by atoms with van der Waals surface area (Å²) in [5.41, 5.74) is 4.78. The average Bonchev–Trinajstić information content (AvgIpc) is 2.62. The third kappa shape index (κ3) is 5.04. The van der Waals surface area contributed by atoms with Gasteiger partial charge in [0.2, 0.25) is 0 Å². The Kier molecular flexibility index (Phi) is 6.26. The number of amides is 1. The zero-order chi connectivity index (χ0) is 19.1. The number of hydrogen-bond donors (Lipinski definition) is 1. The van der Waals surface area contributed by atoms with Crippen LogP contribution in [0.15, 0.2) is 41.5 Å². The van der Waals surface area contributed by atoms with E-state index in [1.54, 1.807) is 6.07 Å². The standard InChI is InChI=1S/C18H19N3O5/c1-12-4-6-16(8-13(12)2)26-11-18(22)20-19-10-14-9-15(21(23)24)5-7-17(14)25-3/h4-10H,11H2,1-3H3,(H,20,22)/b19-10+. The van der Waals surface area contributed by atoms with Gasteiger partial charge in [-0.2, -0.15) is 5.10 Å². The second-order valence-corrected chi connectivity index (χ2v) is 5.51. The number of rotatable bonds is 7. The van der Waals surface area contributed by atoms with Gasteiger partial charge in [-0.15, -0.1) is 0 Å². The number of benzene rings is 2. The van der Waals surface area contributed by atoms with Crippen molar-refractivity contribution < 1.29 is 19.2 Å². The molecule has 0 saturated carbocycles. The summed E-state index contributed by atoms with van der Waals surface area (Å²) < 4.78 is 10.5. The van der Waals surface area contributed by atoms with Crippen LogP contribution < -0.4 is 14.9 Å². The van der Waals surface area contributed by atoms with E-state index in [-0.39, 0.29) is 12.3 Å². The number of nitro groups is 1. The van der Waals surface area contributed by atoms with Crippen molar-refractivity contribution in [1.29, 1.82) is 0 Å². The van der Waals surface area contributed by atoms with E-state index < -0.39 is 10.8 Å². The molecule has 8 heteroatoms. The van der Waals surface area contributed by atoms with E-state index >= 15 is 0 Å². The van der Waals surface area contributed by atoms with Gasteiger partial charge in [0.05, 0.1) is 18.2 Å². The number of nitrogens with zero attached hydrogens (tertiary/aromatic N) is 2. The summed E-state index contributed by atoms with van der Waals surface area (Å²) in [6.45, 7) is 3.74. The minimum absolute atomic E-state index is 0.100. The quantitative estimate of drug-likeness (QED) is 0.466. The number of non-ortho nitro benzene ring substituents is 1. The van der Waals surface area contributed by atoms with Gasteiger partial charge in [-0.05, 0) is 43.2 Å². The molecule has 0 aliphatic heterocycles. The van der Waals surface area contributed by atoms with Crippen molar-refractivity contribution in [3.63, 3.8) is 0 Å². The molecule has 8 nitrogen and oxygen atoms in total. The Morgan fingerprint density at radius 1 is 1.23 bits per heavy atom. The minimum Gasteiger partial charge on any atom is -0.496 e. The monoisotopic (exact) mass is 357 g/mol. The average molecular weight is 357 g/mol. The van der Waals surface area contributed by atoms with Crippen LogP contribution in [0.5, 0.6) is 11.5 Å². The summed E-state index contributed by atoms with van der Waals surface area (Å²) in [7, 11) is 1.44. The van der Waals surface area contributed by atoms with E-state index in [0.717, 1.165) is 11.1 Å². The maximum Gasteiger partial charge on any atom is 0.277 e. The lowest BCUT2D eigenvalue weighted by Gasteiger charge is -2.07. The highest BCUT2D eigenvalue weighted by Crippen LogP contribution is 2.22. The van der Waals surface area contributed by atoms with Crippen LogP contribution >= 0.6 is 0 Å². The van der Waals surface area contributed by atoms with Gasteiger partial charge in [0.25, 0.3) is 11.6 Å². The molecule has 2 aromatic carbocycles. The van der Waals surface area contributed by atoms with Crippen molar-refractivity contribution in [2.75, 3.05) is 13.7 Å². The third-order valence-electron chi connectivity index (χ3n) is 3.67. The molecular weight excluding hydrogens is 338 g/mol. The van der Waals surface area contributed by atoms with Crippen LogP contribution in [0.2, 0.25) is 0 Å². The van der Waals surface area contributed by atoms with E-state index in [9.17, 15) is 14.9 Å². The number of carbonyl (C=O) groups is 1. The van der Waals surface area contributed by atoms with Gasteiger partial charge < -0.3 is 9.47 Å². The SMILES string of the molecule is COc1ccc([N+](=O)[O-])cc1/C=N/NC(=O)COc1ccc(C)c(C)c1. The van der Waals surface area contributed by atoms with E-state index in [0.29, 0.717) is 17.1 Å². The predicted octanol–water partition coefficient (Wildman–Crippen LogP) is 2.75. The smallest absolute Gasteiger partial charge is 0.277 e. The summed E-state index contributed by atoms with van der Waals surface area (Å²) in [6, 6.07) is 9.64. The highest BCUT2D eigenvalue weighted by atomic mass is 16.6. The molecule has 0 spiro atoms. The van der Waals surface area contributed by atoms with Crippen LogP contribution in [0.4, 0.5) is 5.69 Å². The summed E-state index contributed by atoms with van der Waals surface area (Å²) >= 11 is 0. The molecule has 2 rings (SSSR count). The lowest BCUT2D eigenvalue weighted by molar-refractivity contribution is -0.384. The van der Waals surface area contributed by atoms with Crippen molar-refractivity contribution in [2.45, 2.75) is 13.8 Å². The van der Waals surface area contributed by atoms with E-state index in [4.69, 9.17) is 9.47 Å². The van der Waals surface area contributed by atoms with E-state index in [2.05, 4.69) is 10.5 Å². The molecule has 0 aliphatic rings. The minimum atomic E-state index is -0.521. The Hall–Kier alpha value is -3.42. The molecule has 0 unspecified atom stereocenters. The number of hydrogen-bond acceptors (Lipinski definition) is 6. The molecule has 0 aliphatic carbocycles. The first kappa shape index (κ1) is 18.9. The highest BCUT2D eigenvalue weighted by Gasteiger charge is 2.10. The molecule has 0 heterocycles. The Labute approximate surface area is 150 Å². The molecule has 1 N–H and O–H groups in total. The fourth-order valence-electron chi connectivity index (χ4n) is 2.09. The van der Waals surface area contributed by atoms with Crippen molar-refractivity contribution in [3.05, 3.63) is 63.2 Å². The zero-order valence-corrected chi connectivity index (χ0v) is 14.7. The number of ether oxygens (including phenoxy) is 2. The molecule has 0 radical (unpaired) electrons. The Balaban J connectivity index is 1.95. The summed E-state index contributed by atoms with van der Waals surface area (Å²) in [6.07, 6.45) is 1.28. The topological polar surface area (TPSA) is 103 Å². The fraction of sp³-hybridized carbons (Fsp3) is 0.222. The Morgan fingerprint density at radius 2 is 2.00 bits per heavy atom. The molecule has 136 valence electrons. The third-order valence-corrected chi connectivity index (χ3v) is 3.67. The van der Waals surface area contributed by atoms with Gasteiger partial charge in [0.1, 0.15) is 11.5 Å². The van der Waals surface area contributed by atoms with Crippen LogP contribution in [-0.2, 0) is 4.79 Å². The molecular formula is C18H19N3O5. The lowest BCUT2D eigenvalue weighted by atomic mass is 10.1. The van der Waals surface area contributed by atoms with Crippen LogP contribution in [0, 0.1) is 24.0 Å². The molecule has 0 aromatic heterocycles. The number of aryl methyl sites for hydroxylation is 2. The molecule has 26 heavy (non-hydrogen) atoms. The normalized spacial score (nSPS) is 10.6. The predicted molar refractivity (Wildman–Crippen MR) is 96.8 cm³/mol. The fourth-order valence-corrected chi connectivity index (χ4v) is 2.09. The van der Waals surface area contributed by atoms with Gasteiger partial charge in [0.15, 0.2) is 6.61 Å². The zero-order valence-electron chi connectivity index (χ0n) is 14.7. The van der Waals surface area contributed by atoms with E-state index in [1.165, 1.54) is 31.5 Å². The van der Waals surface area contributed by atoms with Crippen molar-refractivity contribution >= 4 is 17.8 Å². The molecule has 0 saturated heterocycles. The van der Waals surface area contributed by atoms with Crippen molar-refractivity contribution in [1.82, 2.24) is 5.43 Å². The second kappa shape index (κ2) is 8.61. The Bertz CT molecular complexity index is 849. The first-order chi connectivity index (χ1) is 12.4. The van der Waals surface area contributed by atoms with Gasteiger partial charge in [0, 0.05) is 17.7 Å². The lowest BCUT2D eigenvalue weighted by Crippen LogP contribution is -2.24. The number of nitrogens with one attached hydrogen (secondary N) is 1. The molecule has 2 aromatic rings. The number of nitro benzene ring substituents is 1. The first-order valence-electron chi connectivity index (χ1n) is 7.75. The highest BCUT2D eigenvalue weighted by molar-refractivity contribution is 5.86. The molecule has 0 fully saturated rings. The number of carbonyl (C=O) groups excluding carboxylic acids is 1. The van der Waals surface area contributed by atoms with Crippen LogP contribution in [-0.4, -0.2) is 30.8 Å². The Morgan fingerprint density at radius 3 is 2.65 bits per heavy atom. The summed E-state index contributed by atoms with van der Waals surface area (Å²) in [5.74, 6) is 0.538. The largest absolute Gasteiger partial charge is 0.496 e. The summed E-state index contributed by atoms with van der Waals surface area (Å²) in [5, 5.41) is 14.6. The molecule has 1 amide bonds. The first-order valence-corrected chi connectivity index (χ1v) is 7.75. The molecule has 0 atom stereocenters. The molecule has 0 bridgehead atoms. The second-order valence-electron chi connectivity index (χ2n) is 5.51. The van der Waals surface area contributed by atoms with Crippen molar-refractivity contribution in [3.8, 4) is 11.5 Å². The van der Waals surface area contributed by atoms with Crippen LogP contribution in [0.3, 0.4) is 0 Å². The van der Waals surface area contributed by atoms with Crippen molar-refractivity contribution in [2.24, 2.45) is 5.10 Å². The van der Waals surface area contributed by atoms with Gasteiger partial charge in [-0.25, -0.2) is 5.43 Å². The number of methoxy groups -OCH3 is 1. The van der Waals surface area contributed by atoms with Gasteiger partial charge in [-0.1, -0.05) is 6.07 Å². The maximum atomic E-state index is 11.8. The van der Waals surface area contributed by atoms with Gasteiger partial charge in [-0.3, -0.25) is 14.9 Å². The van der Waals surface area contributed by atoms with Gasteiger partial charge >= 0.3 is 0 Å². The number of hydrazone groups is 1. The maximum absolute atomic E-state index is 11.8. The summed E-state index contributed by atoms with van der Waals surface area (Å²) in [4.78, 5) is 22.1.